The lowest BCUT2D eigenvalue weighted by Gasteiger charge is -2.40. The number of thiazole rings is 1. The van der Waals surface area contributed by atoms with E-state index in [1.807, 2.05) is 56.5 Å². The molecule has 1 saturated carbocycles. The predicted molar refractivity (Wildman–Crippen MR) is 95.8 cm³/mol. The van der Waals surface area contributed by atoms with Crippen molar-refractivity contribution in [3.05, 3.63) is 35.7 Å². The van der Waals surface area contributed by atoms with Crippen LogP contribution in [0, 0.1) is 16.7 Å². The molecule has 6 heteroatoms. The molecule has 0 radical (unpaired) electrons. The second-order valence-corrected chi connectivity index (χ2v) is 8.18. The highest BCUT2D eigenvalue weighted by molar-refractivity contribution is 7.14. The molecule has 1 aromatic carbocycles. The minimum absolute atomic E-state index is 0.185. The fourth-order valence-electron chi connectivity index (χ4n) is 3.63. The molecule has 2 aromatic rings. The number of carboxylic acid groups (broad SMARTS) is 1. The molecule has 1 heterocycles. The number of benzene rings is 1. The Labute approximate surface area is 151 Å². The standard InChI is InChI=1S/C19H22N2O3S/c1-18(2)13(15(22)23)9-10-19(18,3)16(24)21-17-20-14(11-25-17)12-7-5-4-6-8-12/h4-8,11,13H,9-10H2,1-3H3,(H,22,23)(H,20,21,24)/p-1/t13-,19-/m0/s1. The van der Waals surface area contributed by atoms with E-state index >= 15 is 0 Å². The highest BCUT2D eigenvalue weighted by atomic mass is 32.1. The third-order valence-corrected chi connectivity index (χ3v) is 6.56. The van der Waals surface area contributed by atoms with Gasteiger partial charge in [-0.05, 0) is 18.3 Å². The Morgan fingerprint density at radius 2 is 1.92 bits per heavy atom. The molecule has 1 N–H and O–H groups in total. The average Bonchev–Trinajstić information content (AvgIpc) is 3.12. The molecule has 2 atom stereocenters. The molecule has 0 saturated heterocycles. The van der Waals surface area contributed by atoms with Crippen molar-refractivity contribution in [3.8, 4) is 11.3 Å². The summed E-state index contributed by atoms with van der Waals surface area (Å²) in [6.45, 7) is 5.49. The molecule has 25 heavy (non-hydrogen) atoms. The zero-order valence-corrected chi connectivity index (χ0v) is 15.4. The topological polar surface area (TPSA) is 82.1 Å². The van der Waals surface area contributed by atoms with Gasteiger partial charge in [0.05, 0.1) is 11.1 Å². The maximum absolute atomic E-state index is 12.9. The highest BCUT2D eigenvalue weighted by Crippen LogP contribution is 2.56. The van der Waals surface area contributed by atoms with Crippen LogP contribution in [0.3, 0.4) is 0 Å². The van der Waals surface area contributed by atoms with Gasteiger partial charge in [-0.25, -0.2) is 4.98 Å². The van der Waals surface area contributed by atoms with Crippen molar-refractivity contribution in [3.63, 3.8) is 0 Å². The number of carbonyl (C=O) groups excluding carboxylic acids is 2. The Morgan fingerprint density at radius 3 is 2.52 bits per heavy atom. The van der Waals surface area contributed by atoms with Crippen molar-refractivity contribution in [2.45, 2.75) is 33.6 Å². The van der Waals surface area contributed by atoms with Crippen molar-refractivity contribution in [1.82, 2.24) is 4.98 Å². The first kappa shape index (κ1) is 17.6. The third-order valence-electron chi connectivity index (χ3n) is 5.81. The number of amides is 1. The zero-order valence-electron chi connectivity index (χ0n) is 14.5. The summed E-state index contributed by atoms with van der Waals surface area (Å²) in [5.41, 5.74) is 0.333. The van der Waals surface area contributed by atoms with E-state index in [1.54, 1.807) is 0 Å². The summed E-state index contributed by atoms with van der Waals surface area (Å²) in [7, 11) is 0. The molecule has 1 aliphatic rings. The Bertz CT molecular complexity index is 800. The smallest absolute Gasteiger partial charge is 0.232 e. The largest absolute Gasteiger partial charge is 0.550 e. The molecule has 0 spiro atoms. The normalized spacial score (nSPS) is 24.8. The summed E-state index contributed by atoms with van der Waals surface area (Å²) in [6.07, 6.45) is 0.966. The summed E-state index contributed by atoms with van der Waals surface area (Å²) in [6, 6.07) is 9.75. The number of anilines is 1. The van der Waals surface area contributed by atoms with Crippen LogP contribution >= 0.6 is 11.3 Å². The van der Waals surface area contributed by atoms with Crippen molar-refractivity contribution >= 4 is 28.3 Å². The molecule has 3 rings (SSSR count). The monoisotopic (exact) mass is 357 g/mol. The van der Waals surface area contributed by atoms with Crippen molar-refractivity contribution in [2.75, 3.05) is 5.32 Å². The third kappa shape index (κ3) is 2.95. The van der Waals surface area contributed by atoms with Gasteiger partial charge in [0.25, 0.3) is 0 Å². The van der Waals surface area contributed by atoms with Crippen molar-refractivity contribution in [1.29, 1.82) is 0 Å². The minimum Gasteiger partial charge on any atom is -0.550 e. The number of rotatable bonds is 4. The van der Waals surface area contributed by atoms with Gasteiger partial charge in [-0.1, -0.05) is 51.1 Å². The van der Waals surface area contributed by atoms with Gasteiger partial charge in [-0.15, -0.1) is 11.3 Å². The van der Waals surface area contributed by atoms with Crippen LogP contribution < -0.4 is 10.4 Å². The average molecular weight is 357 g/mol. The molecule has 1 amide bonds. The van der Waals surface area contributed by atoms with E-state index in [0.717, 1.165) is 11.3 Å². The fraction of sp³-hybridized carbons (Fsp3) is 0.421. The van der Waals surface area contributed by atoms with Gasteiger partial charge in [0, 0.05) is 22.8 Å². The molecule has 1 aliphatic carbocycles. The molecule has 0 aliphatic heterocycles. The van der Waals surface area contributed by atoms with Crippen LogP contribution in [0.5, 0.6) is 0 Å². The van der Waals surface area contributed by atoms with Crippen LogP contribution in [-0.2, 0) is 9.59 Å². The van der Waals surface area contributed by atoms with Gasteiger partial charge < -0.3 is 15.2 Å². The molecule has 1 aromatic heterocycles. The maximum atomic E-state index is 12.9. The number of nitrogens with one attached hydrogen (secondary N) is 1. The Morgan fingerprint density at radius 1 is 1.24 bits per heavy atom. The van der Waals surface area contributed by atoms with Crippen molar-refractivity contribution < 1.29 is 14.7 Å². The number of carboxylic acids is 1. The van der Waals surface area contributed by atoms with E-state index < -0.39 is 22.7 Å². The first-order valence-electron chi connectivity index (χ1n) is 8.29. The summed E-state index contributed by atoms with van der Waals surface area (Å²) in [5.74, 6) is -1.89. The van der Waals surface area contributed by atoms with Crippen LogP contribution in [0.2, 0.25) is 0 Å². The summed E-state index contributed by atoms with van der Waals surface area (Å²) in [4.78, 5) is 28.8. The molecule has 0 unspecified atom stereocenters. The van der Waals surface area contributed by atoms with E-state index in [0.29, 0.717) is 18.0 Å². The van der Waals surface area contributed by atoms with Crippen LogP contribution in [-0.4, -0.2) is 16.9 Å². The minimum atomic E-state index is -1.08. The maximum Gasteiger partial charge on any atom is 0.232 e. The number of nitrogens with zero attached hydrogens (tertiary/aromatic N) is 1. The summed E-state index contributed by atoms with van der Waals surface area (Å²) < 4.78 is 0. The lowest BCUT2D eigenvalue weighted by atomic mass is 9.65. The molecular formula is C19H21N2O3S-. The number of hydrogen-bond donors (Lipinski definition) is 1. The Kier molecular flexibility index (Phi) is 4.41. The lowest BCUT2D eigenvalue weighted by Crippen LogP contribution is -2.47. The molecule has 1 fully saturated rings. The van der Waals surface area contributed by atoms with E-state index in [4.69, 9.17) is 0 Å². The quantitative estimate of drug-likeness (QED) is 0.912. The lowest BCUT2D eigenvalue weighted by molar-refractivity contribution is -0.314. The van der Waals surface area contributed by atoms with Crippen molar-refractivity contribution in [2.24, 2.45) is 16.7 Å². The van der Waals surface area contributed by atoms with Gasteiger partial charge in [-0.2, -0.15) is 0 Å². The van der Waals surface area contributed by atoms with E-state index in [9.17, 15) is 14.7 Å². The fourth-order valence-corrected chi connectivity index (χ4v) is 4.34. The van der Waals surface area contributed by atoms with Crippen LogP contribution in [0.15, 0.2) is 35.7 Å². The second kappa shape index (κ2) is 6.26. The summed E-state index contributed by atoms with van der Waals surface area (Å²) in [5, 5.41) is 16.7. The number of carbonyl (C=O) groups is 2. The van der Waals surface area contributed by atoms with E-state index in [1.165, 1.54) is 11.3 Å². The number of aliphatic carboxylic acids is 1. The van der Waals surface area contributed by atoms with Gasteiger partial charge >= 0.3 is 0 Å². The van der Waals surface area contributed by atoms with E-state index in [-0.39, 0.29) is 5.91 Å². The first-order valence-corrected chi connectivity index (χ1v) is 9.17. The Hall–Kier alpha value is -2.21. The van der Waals surface area contributed by atoms with Gasteiger partial charge in [0.2, 0.25) is 5.91 Å². The van der Waals surface area contributed by atoms with Gasteiger partial charge in [0.15, 0.2) is 5.13 Å². The van der Waals surface area contributed by atoms with Gasteiger partial charge in [0.1, 0.15) is 0 Å². The first-order chi connectivity index (χ1) is 11.8. The number of hydrogen-bond acceptors (Lipinski definition) is 5. The molecule has 5 nitrogen and oxygen atoms in total. The second-order valence-electron chi connectivity index (χ2n) is 7.32. The van der Waals surface area contributed by atoms with Crippen LogP contribution in [0.1, 0.15) is 33.6 Å². The molecule has 0 bridgehead atoms. The van der Waals surface area contributed by atoms with Crippen LogP contribution in [0.25, 0.3) is 11.3 Å². The highest BCUT2D eigenvalue weighted by Gasteiger charge is 2.56. The van der Waals surface area contributed by atoms with Crippen LogP contribution in [0.4, 0.5) is 5.13 Å². The predicted octanol–water partition coefficient (Wildman–Crippen LogP) is 2.94. The van der Waals surface area contributed by atoms with Gasteiger partial charge in [-0.3, -0.25) is 4.79 Å². The summed E-state index contributed by atoms with van der Waals surface area (Å²) >= 11 is 1.37. The SMILES string of the molecule is CC1(C)[C@H](C(=O)[O-])CC[C@@]1(C)C(=O)Nc1nc(-c2ccccc2)cs1. The molecular weight excluding hydrogens is 336 g/mol. The zero-order chi connectivity index (χ0) is 18.2. The number of aromatic nitrogens is 1. The molecule has 132 valence electrons. The Balaban J connectivity index is 1.79. The van der Waals surface area contributed by atoms with E-state index in [2.05, 4.69) is 10.3 Å².